The Morgan fingerprint density at radius 3 is 2.53 bits per heavy atom. The maximum atomic E-state index is 13.2. The highest BCUT2D eigenvalue weighted by Gasteiger charge is 2.47. The van der Waals surface area contributed by atoms with Crippen molar-refractivity contribution in [2.75, 3.05) is 7.11 Å². The topological polar surface area (TPSA) is 60.0 Å². The number of rotatable bonds is 6. The van der Waals surface area contributed by atoms with E-state index >= 15 is 0 Å². The summed E-state index contributed by atoms with van der Waals surface area (Å²) >= 11 is 6.23. The zero-order valence-electron chi connectivity index (χ0n) is 16.6. The Hall–Kier alpha value is -2.88. The van der Waals surface area contributed by atoms with Crippen molar-refractivity contribution >= 4 is 11.6 Å². The van der Waals surface area contributed by atoms with Crippen molar-refractivity contribution in [2.45, 2.75) is 37.5 Å². The van der Waals surface area contributed by atoms with Crippen LogP contribution in [0.1, 0.15) is 35.8 Å². The molecule has 0 spiro atoms. The summed E-state index contributed by atoms with van der Waals surface area (Å²) in [5.41, 5.74) is 0.478. The first-order chi connectivity index (χ1) is 15.1. The molecule has 32 heavy (non-hydrogen) atoms. The molecule has 1 aliphatic rings. The molecular formula is C21H17ClF5N3O2. The Labute approximate surface area is 184 Å². The molecule has 2 aromatic heterocycles. The summed E-state index contributed by atoms with van der Waals surface area (Å²) in [6.07, 6.45) is -3.96. The SMILES string of the molecule is COc1cc(OCc2ccc(C(F)(F)F)nc2)ccc1-c1[nH]c(C2CC(F)(F)C2)nc1Cl. The number of aromatic amines is 1. The van der Waals surface area contributed by atoms with E-state index in [-0.39, 0.29) is 30.5 Å². The number of nitrogens with zero attached hydrogens (tertiary/aromatic N) is 2. The van der Waals surface area contributed by atoms with Gasteiger partial charge in [0, 0.05) is 42.1 Å². The van der Waals surface area contributed by atoms with E-state index in [9.17, 15) is 22.0 Å². The van der Waals surface area contributed by atoms with Gasteiger partial charge in [0.2, 0.25) is 5.92 Å². The van der Waals surface area contributed by atoms with Crippen LogP contribution in [0.5, 0.6) is 11.5 Å². The van der Waals surface area contributed by atoms with Gasteiger partial charge in [0.25, 0.3) is 0 Å². The third kappa shape index (κ3) is 4.64. The van der Waals surface area contributed by atoms with Gasteiger partial charge in [0.1, 0.15) is 29.6 Å². The van der Waals surface area contributed by atoms with Gasteiger partial charge in [0.05, 0.1) is 12.8 Å². The van der Waals surface area contributed by atoms with Crippen LogP contribution < -0.4 is 9.47 Å². The fraction of sp³-hybridized carbons (Fsp3) is 0.333. The molecule has 2 heterocycles. The zero-order valence-corrected chi connectivity index (χ0v) is 17.4. The van der Waals surface area contributed by atoms with Crippen molar-refractivity contribution in [3.8, 4) is 22.8 Å². The van der Waals surface area contributed by atoms with E-state index in [1.807, 2.05) is 0 Å². The lowest BCUT2D eigenvalue weighted by Crippen LogP contribution is -2.34. The van der Waals surface area contributed by atoms with E-state index < -0.39 is 17.8 Å². The summed E-state index contributed by atoms with van der Waals surface area (Å²) in [6.45, 7) is -0.00150. The molecule has 0 amide bonds. The molecule has 170 valence electrons. The van der Waals surface area contributed by atoms with Gasteiger partial charge in [0.15, 0.2) is 5.15 Å². The minimum Gasteiger partial charge on any atom is -0.496 e. The number of alkyl halides is 5. The van der Waals surface area contributed by atoms with Crippen LogP contribution in [-0.4, -0.2) is 28.0 Å². The van der Waals surface area contributed by atoms with Crippen LogP contribution >= 0.6 is 11.6 Å². The largest absolute Gasteiger partial charge is 0.496 e. The van der Waals surface area contributed by atoms with Crippen molar-refractivity contribution in [1.82, 2.24) is 15.0 Å². The minimum absolute atomic E-state index is 0.00150. The van der Waals surface area contributed by atoms with Crippen molar-refractivity contribution in [3.63, 3.8) is 0 Å². The van der Waals surface area contributed by atoms with Gasteiger partial charge in [-0.25, -0.2) is 13.8 Å². The summed E-state index contributed by atoms with van der Waals surface area (Å²) in [5.74, 6) is -1.87. The average Bonchev–Trinajstić information content (AvgIpc) is 3.11. The summed E-state index contributed by atoms with van der Waals surface area (Å²) in [4.78, 5) is 10.6. The summed E-state index contributed by atoms with van der Waals surface area (Å²) in [6, 6.07) is 7.05. The van der Waals surface area contributed by atoms with Crippen LogP contribution in [0.25, 0.3) is 11.3 Å². The molecule has 0 unspecified atom stereocenters. The van der Waals surface area contributed by atoms with Crippen LogP contribution in [0.4, 0.5) is 22.0 Å². The summed E-state index contributed by atoms with van der Waals surface area (Å²) < 4.78 is 75.2. The number of methoxy groups -OCH3 is 1. The number of H-pyrrole nitrogens is 1. The average molecular weight is 474 g/mol. The maximum Gasteiger partial charge on any atom is 0.433 e. The smallest absolute Gasteiger partial charge is 0.433 e. The summed E-state index contributed by atoms with van der Waals surface area (Å²) in [7, 11) is 1.44. The predicted molar refractivity (Wildman–Crippen MR) is 106 cm³/mol. The van der Waals surface area contributed by atoms with Gasteiger partial charge >= 0.3 is 6.18 Å². The number of pyridine rings is 1. The number of ether oxygens (including phenoxy) is 2. The lowest BCUT2D eigenvalue weighted by Gasteiger charge is -2.33. The number of imidazole rings is 1. The van der Waals surface area contributed by atoms with E-state index in [1.165, 1.54) is 13.2 Å². The number of hydrogen-bond donors (Lipinski definition) is 1. The van der Waals surface area contributed by atoms with Gasteiger partial charge in [-0.2, -0.15) is 13.2 Å². The van der Waals surface area contributed by atoms with E-state index in [1.54, 1.807) is 18.2 Å². The number of halogens is 6. The second kappa shape index (κ2) is 8.23. The Bertz CT molecular complexity index is 1110. The molecule has 0 aliphatic heterocycles. The highest BCUT2D eigenvalue weighted by atomic mass is 35.5. The van der Waals surface area contributed by atoms with Crippen LogP contribution in [-0.2, 0) is 12.8 Å². The van der Waals surface area contributed by atoms with E-state index in [4.69, 9.17) is 21.1 Å². The highest BCUT2D eigenvalue weighted by Crippen LogP contribution is 2.48. The Kier molecular flexibility index (Phi) is 5.74. The molecule has 5 nitrogen and oxygen atoms in total. The second-order valence-electron chi connectivity index (χ2n) is 7.45. The lowest BCUT2D eigenvalue weighted by molar-refractivity contribution is -0.141. The highest BCUT2D eigenvalue weighted by molar-refractivity contribution is 6.32. The molecule has 11 heteroatoms. The molecule has 4 rings (SSSR count). The van der Waals surface area contributed by atoms with Gasteiger partial charge in [-0.15, -0.1) is 0 Å². The van der Waals surface area contributed by atoms with Crippen molar-refractivity contribution in [2.24, 2.45) is 0 Å². The number of aromatic nitrogens is 3. The number of benzene rings is 1. The van der Waals surface area contributed by atoms with E-state index in [0.29, 0.717) is 34.1 Å². The van der Waals surface area contributed by atoms with Crippen LogP contribution in [0, 0.1) is 0 Å². The van der Waals surface area contributed by atoms with Crippen LogP contribution in [0.15, 0.2) is 36.5 Å². The third-order valence-electron chi connectivity index (χ3n) is 5.12. The fourth-order valence-electron chi connectivity index (χ4n) is 3.41. The molecule has 1 aromatic carbocycles. The number of nitrogens with one attached hydrogen (secondary N) is 1. The Morgan fingerprint density at radius 2 is 1.94 bits per heavy atom. The monoisotopic (exact) mass is 473 g/mol. The zero-order chi connectivity index (χ0) is 23.1. The molecule has 1 aliphatic carbocycles. The molecule has 1 N–H and O–H groups in total. The Morgan fingerprint density at radius 1 is 1.19 bits per heavy atom. The third-order valence-corrected chi connectivity index (χ3v) is 5.39. The van der Waals surface area contributed by atoms with Gasteiger partial charge in [-0.05, 0) is 18.2 Å². The van der Waals surface area contributed by atoms with Gasteiger partial charge in [-0.1, -0.05) is 17.7 Å². The molecule has 0 radical (unpaired) electrons. The molecule has 3 aromatic rings. The van der Waals surface area contributed by atoms with Crippen molar-refractivity contribution < 1.29 is 31.4 Å². The van der Waals surface area contributed by atoms with Crippen LogP contribution in [0.3, 0.4) is 0 Å². The molecule has 0 bridgehead atoms. The lowest BCUT2D eigenvalue weighted by atomic mass is 9.81. The van der Waals surface area contributed by atoms with Crippen molar-refractivity contribution in [1.29, 1.82) is 0 Å². The number of hydrogen-bond acceptors (Lipinski definition) is 4. The standard InChI is InChI=1S/C21H17ClF5N3O2/c1-31-15-6-13(32-10-11-2-5-16(28-9-11)21(25,26)27)3-4-14(15)17-18(22)30-19(29-17)12-7-20(23,24)8-12/h2-6,9,12H,7-8,10H2,1H3,(H,29,30). The quantitative estimate of drug-likeness (QED) is 0.430. The maximum absolute atomic E-state index is 13.2. The Balaban J connectivity index is 1.48. The molecule has 1 fully saturated rings. The molecule has 0 atom stereocenters. The first-order valence-corrected chi connectivity index (χ1v) is 9.90. The van der Waals surface area contributed by atoms with E-state index in [0.717, 1.165) is 12.3 Å². The minimum atomic E-state index is -4.50. The van der Waals surface area contributed by atoms with Gasteiger partial charge < -0.3 is 14.5 Å². The first kappa shape index (κ1) is 22.3. The fourth-order valence-corrected chi connectivity index (χ4v) is 3.65. The predicted octanol–water partition coefficient (Wildman–Crippen LogP) is 6.24. The normalized spacial score (nSPS) is 16.0. The molecule has 1 saturated carbocycles. The van der Waals surface area contributed by atoms with Gasteiger partial charge in [-0.3, -0.25) is 4.98 Å². The molecule has 0 saturated heterocycles. The summed E-state index contributed by atoms with van der Waals surface area (Å²) in [5, 5.41) is 0.137. The van der Waals surface area contributed by atoms with Crippen LogP contribution in [0.2, 0.25) is 5.15 Å². The van der Waals surface area contributed by atoms with E-state index in [2.05, 4.69) is 15.0 Å². The first-order valence-electron chi connectivity index (χ1n) is 9.52. The molecular weight excluding hydrogens is 457 g/mol. The van der Waals surface area contributed by atoms with Crippen molar-refractivity contribution in [3.05, 3.63) is 58.8 Å². The second-order valence-corrected chi connectivity index (χ2v) is 7.81.